The van der Waals surface area contributed by atoms with Gasteiger partial charge >= 0.3 is 5.97 Å². The van der Waals surface area contributed by atoms with E-state index >= 15 is 0 Å². The highest BCUT2D eigenvalue weighted by atomic mass is 16.6. The number of esters is 1. The fourth-order valence-corrected chi connectivity index (χ4v) is 2.21. The van der Waals surface area contributed by atoms with Crippen molar-refractivity contribution in [1.29, 1.82) is 5.26 Å². The number of nitrogens with zero attached hydrogens (tertiary/aromatic N) is 1. The molecule has 1 N–H and O–H groups in total. The Morgan fingerprint density at radius 3 is 2.19 bits per heavy atom. The predicted molar refractivity (Wildman–Crippen MR) is 101 cm³/mol. The van der Waals surface area contributed by atoms with Crippen LogP contribution in [-0.4, -0.2) is 25.1 Å². The van der Waals surface area contributed by atoms with E-state index in [4.69, 9.17) is 14.7 Å². The van der Waals surface area contributed by atoms with Gasteiger partial charge in [0.1, 0.15) is 5.75 Å². The fraction of sp³-hybridized carbons (Fsp3) is 0.286. The monoisotopic (exact) mass is 366 g/mol. The highest BCUT2D eigenvalue weighted by Gasteiger charge is 2.13. The van der Waals surface area contributed by atoms with Crippen molar-refractivity contribution in [3.05, 3.63) is 59.7 Å². The summed E-state index contributed by atoms with van der Waals surface area (Å²) in [5.41, 5.74) is 2.33. The maximum atomic E-state index is 11.9. The topological polar surface area (TPSA) is 88.4 Å². The van der Waals surface area contributed by atoms with Crippen molar-refractivity contribution in [2.75, 3.05) is 18.5 Å². The van der Waals surface area contributed by atoms with Crippen molar-refractivity contribution in [2.24, 2.45) is 0 Å². The number of hydrogen-bond donors (Lipinski definition) is 1. The Bertz CT molecular complexity index is 828. The zero-order valence-corrected chi connectivity index (χ0v) is 15.6. The molecule has 1 amide bonds. The lowest BCUT2D eigenvalue weighted by Crippen LogP contribution is -2.23. The molecule has 27 heavy (non-hydrogen) atoms. The standard InChI is InChI=1S/C21H22N2O4/c1-21(2,3)16-6-8-17(9-7-16)23-19(24)13-27-20(25)14-26-18-10-4-15(12-22)5-11-18/h4-11H,13-14H2,1-3H3,(H,23,24). The van der Waals surface area contributed by atoms with Gasteiger partial charge in [-0.05, 0) is 47.4 Å². The van der Waals surface area contributed by atoms with Crippen LogP contribution in [0.15, 0.2) is 48.5 Å². The fourth-order valence-electron chi connectivity index (χ4n) is 2.21. The lowest BCUT2D eigenvalue weighted by molar-refractivity contribution is -0.149. The number of nitrogens with one attached hydrogen (secondary N) is 1. The zero-order valence-electron chi connectivity index (χ0n) is 15.6. The van der Waals surface area contributed by atoms with Gasteiger partial charge in [0.05, 0.1) is 11.6 Å². The Labute approximate surface area is 158 Å². The number of benzene rings is 2. The van der Waals surface area contributed by atoms with Crippen LogP contribution >= 0.6 is 0 Å². The molecule has 2 aromatic rings. The van der Waals surface area contributed by atoms with Crippen molar-refractivity contribution in [2.45, 2.75) is 26.2 Å². The van der Waals surface area contributed by atoms with Crippen molar-refractivity contribution < 1.29 is 19.1 Å². The summed E-state index contributed by atoms with van der Waals surface area (Å²) < 4.78 is 10.1. The number of carbonyl (C=O) groups is 2. The predicted octanol–water partition coefficient (Wildman–Crippen LogP) is 3.42. The quantitative estimate of drug-likeness (QED) is 0.792. The van der Waals surface area contributed by atoms with Crippen LogP contribution in [0.1, 0.15) is 31.9 Å². The minimum atomic E-state index is -0.655. The maximum absolute atomic E-state index is 11.9. The molecule has 140 valence electrons. The minimum absolute atomic E-state index is 0.0347. The Morgan fingerprint density at radius 2 is 1.63 bits per heavy atom. The van der Waals surface area contributed by atoms with Crippen molar-refractivity contribution >= 4 is 17.6 Å². The molecule has 0 aromatic heterocycles. The number of ether oxygens (including phenoxy) is 2. The van der Waals surface area contributed by atoms with E-state index < -0.39 is 18.5 Å². The zero-order chi connectivity index (χ0) is 19.9. The second-order valence-corrected chi connectivity index (χ2v) is 6.96. The first-order chi connectivity index (χ1) is 12.8. The molecule has 6 heteroatoms. The lowest BCUT2D eigenvalue weighted by atomic mass is 9.87. The normalized spacial score (nSPS) is 10.6. The summed E-state index contributed by atoms with van der Waals surface area (Å²) in [5, 5.41) is 11.4. The molecule has 0 atom stereocenters. The molecular weight excluding hydrogens is 344 g/mol. The molecule has 0 saturated carbocycles. The van der Waals surface area contributed by atoms with Gasteiger partial charge in [-0.1, -0.05) is 32.9 Å². The molecule has 0 saturated heterocycles. The highest BCUT2D eigenvalue weighted by molar-refractivity contribution is 5.92. The van der Waals surface area contributed by atoms with Crippen LogP contribution in [-0.2, 0) is 19.7 Å². The van der Waals surface area contributed by atoms with Crippen LogP contribution < -0.4 is 10.1 Å². The first-order valence-electron chi connectivity index (χ1n) is 8.47. The first kappa shape index (κ1) is 20.0. The van der Waals surface area contributed by atoms with Gasteiger partial charge in [0.25, 0.3) is 5.91 Å². The Hall–Kier alpha value is -3.33. The molecule has 0 aliphatic heterocycles. The molecule has 2 aromatic carbocycles. The summed E-state index contributed by atoms with van der Waals surface area (Å²) in [5.74, 6) is -0.642. The second-order valence-electron chi connectivity index (χ2n) is 6.96. The van der Waals surface area contributed by atoms with Gasteiger partial charge in [0.15, 0.2) is 13.2 Å². The van der Waals surface area contributed by atoms with Crippen molar-refractivity contribution in [1.82, 2.24) is 0 Å². The van der Waals surface area contributed by atoms with E-state index in [1.807, 2.05) is 30.3 Å². The van der Waals surface area contributed by atoms with Gasteiger partial charge in [-0.25, -0.2) is 4.79 Å². The molecule has 0 bridgehead atoms. The molecule has 0 unspecified atom stereocenters. The van der Waals surface area contributed by atoms with E-state index in [1.54, 1.807) is 24.3 Å². The first-order valence-corrected chi connectivity index (χ1v) is 8.47. The summed E-state index contributed by atoms with van der Waals surface area (Å²) in [7, 11) is 0. The van der Waals surface area contributed by atoms with E-state index in [0.717, 1.165) is 5.56 Å². The molecule has 0 aliphatic rings. The number of nitriles is 1. The average molecular weight is 366 g/mol. The average Bonchev–Trinajstić information content (AvgIpc) is 2.65. The molecule has 0 spiro atoms. The number of carbonyl (C=O) groups excluding carboxylic acids is 2. The summed E-state index contributed by atoms with van der Waals surface area (Å²) in [4.78, 5) is 23.6. The van der Waals surface area contributed by atoms with Gasteiger partial charge in [-0.15, -0.1) is 0 Å². The van der Waals surface area contributed by atoms with Gasteiger partial charge in [-0.3, -0.25) is 4.79 Å². The van der Waals surface area contributed by atoms with E-state index in [2.05, 4.69) is 26.1 Å². The Kier molecular flexibility index (Phi) is 6.56. The number of amides is 1. The minimum Gasteiger partial charge on any atom is -0.482 e. The van der Waals surface area contributed by atoms with Crippen molar-refractivity contribution in [3.63, 3.8) is 0 Å². The third-order valence-corrected chi connectivity index (χ3v) is 3.74. The van der Waals surface area contributed by atoms with Crippen LogP contribution in [0.2, 0.25) is 0 Å². The number of rotatable bonds is 6. The van der Waals surface area contributed by atoms with E-state index in [0.29, 0.717) is 17.0 Å². The van der Waals surface area contributed by atoms with E-state index in [-0.39, 0.29) is 12.0 Å². The van der Waals surface area contributed by atoms with Crippen LogP contribution in [0.4, 0.5) is 5.69 Å². The lowest BCUT2D eigenvalue weighted by Gasteiger charge is -2.19. The van der Waals surface area contributed by atoms with E-state index in [9.17, 15) is 9.59 Å². The molecule has 0 aliphatic carbocycles. The van der Waals surface area contributed by atoms with Crippen LogP contribution in [0.5, 0.6) is 5.75 Å². The molecular formula is C21H22N2O4. The van der Waals surface area contributed by atoms with Gasteiger partial charge in [-0.2, -0.15) is 5.26 Å². The SMILES string of the molecule is CC(C)(C)c1ccc(NC(=O)COC(=O)COc2ccc(C#N)cc2)cc1. The Morgan fingerprint density at radius 1 is 1.00 bits per heavy atom. The second kappa shape index (κ2) is 8.86. The van der Waals surface area contributed by atoms with Crippen LogP contribution in [0.3, 0.4) is 0 Å². The van der Waals surface area contributed by atoms with Crippen LogP contribution in [0.25, 0.3) is 0 Å². The largest absolute Gasteiger partial charge is 0.482 e. The molecule has 0 radical (unpaired) electrons. The molecule has 2 rings (SSSR count). The summed E-state index contributed by atoms with van der Waals surface area (Å²) >= 11 is 0. The van der Waals surface area contributed by atoms with Crippen molar-refractivity contribution in [3.8, 4) is 11.8 Å². The molecule has 6 nitrogen and oxygen atoms in total. The number of hydrogen-bond acceptors (Lipinski definition) is 5. The van der Waals surface area contributed by atoms with Crippen LogP contribution in [0, 0.1) is 11.3 Å². The molecule has 0 fully saturated rings. The third kappa shape index (κ3) is 6.48. The maximum Gasteiger partial charge on any atom is 0.344 e. The third-order valence-electron chi connectivity index (χ3n) is 3.74. The smallest absolute Gasteiger partial charge is 0.344 e. The van der Waals surface area contributed by atoms with Gasteiger partial charge in [0, 0.05) is 5.69 Å². The van der Waals surface area contributed by atoms with Gasteiger partial charge in [0.2, 0.25) is 0 Å². The highest BCUT2D eigenvalue weighted by Crippen LogP contribution is 2.23. The molecule has 0 heterocycles. The van der Waals surface area contributed by atoms with E-state index in [1.165, 1.54) is 0 Å². The van der Waals surface area contributed by atoms with Gasteiger partial charge < -0.3 is 14.8 Å². The Balaban J connectivity index is 1.74. The summed E-state index contributed by atoms with van der Waals surface area (Å²) in [6.07, 6.45) is 0. The summed E-state index contributed by atoms with van der Waals surface area (Å²) in [6.45, 7) is 5.62. The summed E-state index contributed by atoms with van der Waals surface area (Å²) in [6, 6.07) is 15.9. The number of anilines is 1.